The van der Waals surface area contributed by atoms with E-state index >= 15 is 0 Å². The molecule has 0 spiro atoms. The van der Waals surface area contributed by atoms with Gasteiger partial charge in [0, 0.05) is 12.1 Å². The largest absolute Gasteiger partial charge is 0.497 e. The van der Waals surface area contributed by atoms with Crippen LogP contribution in [0.25, 0.3) is 11.1 Å². The topological polar surface area (TPSA) is 47.6 Å². The van der Waals surface area contributed by atoms with E-state index in [0.29, 0.717) is 11.5 Å². The number of carbonyl (C=O) groups is 1. The van der Waals surface area contributed by atoms with Crippen LogP contribution in [0.4, 0.5) is 0 Å². The first-order valence-corrected chi connectivity index (χ1v) is 8.54. The monoisotopic (exact) mass is 341 g/mol. The van der Waals surface area contributed by atoms with E-state index in [9.17, 15) is 4.79 Å². The second-order valence-corrected chi connectivity index (χ2v) is 6.62. The summed E-state index contributed by atoms with van der Waals surface area (Å²) >= 11 is 0. The smallest absolute Gasteiger partial charge is 0.260 e. The molecule has 0 aliphatic carbocycles. The van der Waals surface area contributed by atoms with E-state index in [4.69, 9.17) is 9.47 Å². The van der Waals surface area contributed by atoms with Crippen LogP contribution in [0, 0.1) is 13.8 Å². The van der Waals surface area contributed by atoms with Crippen molar-refractivity contribution < 1.29 is 14.3 Å². The fourth-order valence-electron chi connectivity index (χ4n) is 2.50. The molecular formula is C21H27NO3. The molecule has 0 aliphatic heterocycles. The van der Waals surface area contributed by atoms with Gasteiger partial charge < -0.3 is 14.8 Å². The minimum atomic E-state index is -0.581. The Kier molecular flexibility index (Phi) is 6.07. The Morgan fingerprint density at radius 1 is 0.920 bits per heavy atom. The Hall–Kier alpha value is -2.49. The van der Waals surface area contributed by atoms with Crippen LogP contribution >= 0.6 is 0 Å². The van der Waals surface area contributed by atoms with Crippen molar-refractivity contribution in [1.82, 2.24) is 5.32 Å². The van der Waals surface area contributed by atoms with E-state index in [-0.39, 0.29) is 11.9 Å². The highest BCUT2D eigenvalue weighted by atomic mass is 16.5. The summed E-state index contributed by atoms with van der Waals surface area (Å²) in [6.45, 7) is 9.78. The van der Waals surface area contributed by atoms with Gasteiger partial charge in [-0.05, 0) is 69.0 Å². The van der Waals surface area contributed by atoms with E-state index in [0.717, 1.165) is 11.1 Å². The second kappa shape index (κ2) is 8.06. The molecule has 134 valence electrons. The molecular weight excluding hydrogens is 314 g/mol. The lowest BCUT2D eigenvalue weighted by molar-refractivity contribution is -0.127. The zero-order valence-electron chi connectivity index (χ0n) is 15.8. The quantitative estimate of drug-likeness (QED) is 0.853. The minimum absolute atomic E-state index is 0.0787. The first-order valence-electron chi connectivity index (χ1n) is 8.54. The number of rotatable bonds is 6. The van der Waals surface area contributed by atoms with Crippen LogP contribution in [0.2, 0.25) is 0 Å². The number of hydrogen-bond donors (Lipinski definition) is 1. The highest BCUT2D eigenvalue weighted by Gasteiger charge is 2.16. The predicted molar refractivity (Wildman–Crippen MR) is 101 cm³/mol. The van der Waals surface area contributed by atoms with Crippen molar-refractivity contribution in [3.8, 4) is 22.6 Å². The Bertz CT molecular complexity index is 753. The van der Waals surface area contributed by atoms with Crippen molar-refractivity contribution >= 4 is 5.91 Å². The molecule has 2 aromatic carbocycles. The molecule has 4 heteroatoms. The van der Waals surface area contributed by atoms with Gasteiger partial charge in [0.05, 0.1) is 7.11 Å². The normalized spacial score (nSPS) is 12.0. The van der Waals surface area contributed by atoms with E-state index < -0.39 is 6.10 Å². The van der Waals surface area contributed by atoms with Crippen LogP contribution in [0.5, 0.6) is 11.5 Å². The number of methoxy groups -OCH3 is 1. The van der Waals surface area contributed by atoms with Gasteiger partial charge >= 0.3 is 0 Å². The van der Waals surface area contributed by atoms with Crippen molar-refractivity contribution in [3.05, 3.63) is 47.5 Å². The highest BCUT2D eigenvalue weighted by molar-refractivity contribution is 5.81. The predicted octanol–water partition coefficient (Wildman–Crippen LogP) is 4.27. The minimum Gasteiger partial charge on any atom is -0.497 e. The van der Waals surface area contributed by atoms with Gasteiger partial charge in [-0.3, -0.25) is 4.79 Å². The molecule has 1 N–H and O–H groups in total. The van der Waals surface area contributed by atoms with E-state index in [1.807, 2.05) is 26.0 Å². The van der Waals surface area contributed by atoms with Crippen LogP contribution in [-0.2, 0) is 4.79 Å². The van der Waals surface area contributed by atoms with Gasteiger partial charge in [-0.2, -0.15) is 0 Å². The first-order chi connectivity index (χ1) is 11.8. The van der Waals surface area contributed by atoms with Crippen LogP contribution in [0.1, 0.15) is 31.9 Å². The average molecular weight is 341 g/mol. The Labute approximate surface area is 150 Å². The van der Waals surface area contributed by atoms with Crippen LogP contribution in [0.15, 0.2) is 36.4 Å². The van der Waals surface area contributed by atoms with Gasteiger partial charge in [-0.1, -0.05) is 18.2 Å². The average Bonchev–Trinajstić information content (AvgIpc) is 2.56. The van der Waals surface area contributed by atoms with Crippen molar-refractivity contribution in [2.75, 3.05) is 7.11 Å². The summed E-state index contributed by atoms with van der Waals surface area (Å²) in [6, 6.07) is 12.1. The van der Waals surface area contributed by atoms with Crippen LogP contribution < -0.4 is 14.8 Å². The molecule has 0 saturated heterocycles. The standard InChI is InChI=1S/C21H27NO3/c1-13(2)22-21(23)16(5)25-20-11-18(10-19(12-20)24-6)17-8-7-14(3)15(4)9-17/h7-13,16H,1-6H3,(H,22,23). The first kappa shape index (κ1) is 18.8. The summed E-state index contributed by atoms with van der Waals surface area (Å²) in [4.78, 5) is 12.1. The van der Waals surface area contributed by atoms with Crippen LogP contribution in [0.3, 0.4) is 0 Å². The maximum absolute atomic E-state index is 12.1. The summed E-state index contributed by atoms with van der Waals surface area (Å²) in [5.74, 6) is 1.17. The van der Waals surface area contributed by atoms with Crippen LogP contribution in [-0.4, -0.2) is 25.2 Å². The third-order valence-electron chi connectivity index (χ3n) is 4.07. The fraction of sp³-hybridized carbons (Fsp3) is 0.381. The number of hydrogen-bond acceptors (Lipinski definition) is 3. The summed E-state index contributed by atoms with van der Waals surface area (Å²) in [5.41, 5.74) is 4.56. The fourth-order valence-corrected chi connectivity index (χ4v) is 2.50. The molecule has 1 atom stereocenters. The summed E-state index contributed by atoms with van der Waals surface area (Å²) in [7, 11) is 1.62. The Morgan fingerprint density at radius 3 is 2.20 bits per heavy atom. The lowest BCUT2D eigenvalue weighted by Gasteiger charge is -2.18. The molecule has 0 aromatic heterocycles. The molecule has 0 bridgehead atoms. The third kappa shape index (κ3) is 4.99. The molecule has 1 amide bonds. The maximum Gasteiger partial charge on any atom is 0.260 e. The number of ether oxygens (including phenoxy) is 2. The molecule has 0 saturated carbocycles. The van der Waals surface area contributed by atoms with Gasteiger partial charge in [0.15, 0.2) is 6.10 Å². The summed E-state index contributed by atoms with van der Waals surface area (Å²) < 4.78 is 11.2. The lowest BCUT2D eigenvalue weighted by atomic mass is 10.00. The van der Waals surface area contributed by atoms with Crippen molar-refractivity contribution in [2.24, 2.45) is 0 Å². The molecule has 4 nitrogen and oxygen atoms in total. The lowest BCUT2D eigenvalue weighted by Crippen LogP contribution is -2.40. The SMILES string of the molecule is COc1cc(OC(C)C(=O)NC(C)C)cc(-c2ccc(C)c(C)c2)c1. The summed E-state index contributed by atoms with van der Waals surface area (Å²) in [6.07, 6.45) is -0.581. The molecule has 0 aliphatic rings. The Balaban J connectivity index is 2.30. The molecule has 0 heterocycles. The maximum atomic E-state index is 12.1. The van der Waals surface area contributed by atoms with Gasteiger partial charge in [0.25, 0.3) is 5.91 Å². The van der Waals surface area contributed by atoms with Gasteiger partial charge in [0.2, 0.25) is 0 Å². The van der Waals surface area contributed by atoms with E-state index in [2.05, 4.69) is 37.4 Å². The molecule has 0 fully saturated rings. The molecule has 1 unspecified atom stereocenters. The van der Waals surface area contributed by atoms with Crippen molar-refractivity contribution in [2.45, 2.75) is 46.8 Å². The zero-order chi connectivity index (χ0) is 18.6. The Morgan fingerprint density at radius 2 is 1.60 bits per heavy atom. The number of nitrogens with one attached hydrogen (secondary N) is 1. The van der Waals surface area contributed by atoms with Gasteiger partial charge in [-0.25, -0.2) is 0 Å². The number of aryl methyl sites for hydroxylation is 2. The molecule has 2 rings (SSSR count). The van der Waals surface area contributed by atoms with Gasteiger partial charge in [-0.15, -0.1) is 0 Å². The number of carbonyl (C=O) groups excluding carboxylic acids is 1. The second-order valence-electron chi connectivity index (χ2n) is 6.62. The molecule has 0 radical (unpaired) electrons. The van der Waals surface area contributed by atoms with E-state index in [1.54, 1.807) is 20.1 Å². The van der Waals surface area contributed by atoms with Crippen molar-refractivity contribution in [1.29, 1.82) is 0 Å². The highest BCUT2D eigenvalue weighted by Crippen LogP contribution is 2.31. The third-order valence-corrected chi connectivity index (χ3v) is 4.07. The molecule has 2 aromatic rings. The molecule has 25 heavy (non-hydrogen) atoms. The van der Waals surface area contributed by atoms with E-state index in [1.165, 1.54) is 11.1 Å². The van der Waals surface area contributed by atoms with Crippen molar-refractivity contribution in [3.63, 3.8) is 0 Å². The van der Waals surface area contributed by atoms with Gasteiger partial charge in [0.1, 0.15) is 11.5 Å². The summed E-state index contributed by atoms with van der Waals surface area (Å²) in [5, 5.41) is 2.86. The number of benzene rings is 2. The zero-order valence-corrected chi connectivity index (χ0v) is 15.8. The number of amides is 1.